The second-order valence-electron chi connectivity index (χ2n) is 1.58. The van der Waals surface area contributed by atoms with Gasteiger partial charge in [0.25, 0.3) is 0 Å². The van der Waals surface area contributed by atoms with E-state index >= 15 is 0 Å². The Bertz CT molecular complexity index is 81.1. The van der Waals surface area contributed by atoms with E-state index in [1.165, 1.54) is 0 Å². The molecule has 1 aliphatic rings. The van der Waals surface area contributed by atoms with E-state index in [-0.39, 0.29) is 0 Å². The fraction of sp³-hybridized carbons (Fsp3) is 0.500. The van der Waals surface area contributed by atoms with E-state index in [0.29, 0.717) is 6.61 Å². The van der Waals surface area contributed by atoms with Gasteiger partial charge in [-0.1, -0.05) is 0 Å². The highest BCUT2D eigenvalue weighted by molar-refractivity contribution is 5.58. The molecule has 0 spiro atoms. The number of hydrogen-bond acceptors (Lipinski definition) is 2. The van der Waals surface area contributed by atoms with Crippen molar-refractivity contribution >= 4 is 6.21 Å². The van der Waals surface area contributed by atoms with Crippen molar-refractivity contribution < 1.29 is 4.74 Å². The predicted octanol–water partition coefficient (Wildman–Crippen LogP) is 0.991. The average molecular weight is 111 g/mol. The van der Waals surface area contributed by atoms with Crippen molar-refractivity contribution in [2.24, 2.45) is 4.99 Å². The fourth-order valence-electron chi connectivity index (χ4n) is 0.528. The second-order valence-corrected chi connectivity index (χ2v) is 1.58. The number of nitrogens with zero attached hydrogens (tertiary/aromatic N) is 1. The van der Waals surface area contributed by atoms with E-state index < -0.39 is 0 Å². The van der Waals surface area contributed by atoms with Crippen LogP contribution in [0.3, 0.4) is 0 Å². The molecule has 0 aromatic carbocycles. The molecule has 2 heteroatoms. The molecule has 0 unspecified atom stereocenters. The number of hydrogen-bond donors (Lipinski definition) is 0. The van der Waals surface area contributed by atoms with Crippen molar-refractivity contribution in [3.8, 4) is 0 Å². The third kappa shape index (κ3) is 1.78. The number of rotatable bonds is 0. The molecule has 0 bridgehead atoms. The monoisotopic (exact) mass is 111 g/mol. The van der Waals surface area contributed by atoms with E-state index in [1.54, 1.807) is 12.5 Å². The minimum absolute atomic E-state index is 0.622. The van der Waals surface area contributed by atoms with Gasteiger partial charge < -0.3 is 4.74 Å². The van der Waals surface area contributed by atoms with Gasteiger partial charge >= 0.3 is 0 Å². The molecule has 1 rings (SSSR count). The summed E-state index contributed by atoms with van der Waals surface area (Å²) in [7, 11) is 0. The highest BCUT2D eigenvalue weighted by Gasteiger charge is 1.81. The molecule has 0 aromatic rings. The minimum atomic E-state index is 0.622. The highest BCUT2D eigenvalue weighted by Crippen LogP contribution is 1.87. The van der Waals surface area contributed by atoms with E-state index in [2.05, 4.69) is 4.99 Å². The van der Waals surface area contributed by atoms with Crippen molar-refractivity contribution in [2.75, 3.05) is 13.2 Å². The maximum absolute atomic E-state index is 4.94. The molecule has 1 heterocycles. The zero-order valence-corrected chi connectivity index (χ0v) is 4.71. The van der Waals surface area contributed by atoms with Crippen LogP contribution in [-0.4, -0.2) is 19.4 Å². The molecule has 0 atom stereocenters. The Morgan fingerprint density at radius 2 is 2.50 bits per heavy atom. The molecule has 2 nitrogen and oxygen atoms in total. The van der Waals surface area contributed by atoms with Gasteiger partial charge in [-0.2, -0.15) is 0 Å². The Balaban J connectivity index is 2.29. The molecule has 0 saturated heterocycles. The Morgan fingerprint density at radius 3 is 3.50 bits per heavy atom. The van der Waals surface area contributed by atoms with Gasteiger partial charge in [0.2, 0.25) is 0 Å². The highest BCUT2D eigenvalue weighted by atomic mass is 16.5. The van der Waals surface area contributed by atoms with Gasteiger partial charge in [-0.15, -0.1) is 0 Å². The molecule has 0 amide bonds. The van der Waals surface area contributed by atoms with E-state index in [4.69, 9.17) is 4.74 Å². The first-order valence-corrected chi connectivity index (χ1v) is 2.75. The molecule has 0 fully saturated rings. The maximum Gasteiger partial charge on any atom is 0.122 e. The molecular weight excluding hydrogens is 102 g/mol. The smallest absolute Gasteiger partial charge is 0.122 e. The van der Waals surface area contributed by atoms with Crippen LogP contribution in [0.5, 0.6) is 0 Å². The average Bonchev–Trinajstić information content (AvgIpc) is 1.62. The summed E-state index contributed by atoms with van der Waals surface area (Å²) >= 11 is 0. The molecule has 0 saturated carbocycles. The summed E-state index contributed by atoms with van der Waals surface area (Å²) in [5.41, 5.74) is 0. The first-order valence-electron chi connectivity index (χ1n) is 2.75. The van der Waals surface area contributed by atoms with Crippen LogP contribution < -0.4 is 0 Å². The first-order chi connectivity index (χ1) is 4.00. The van der Waals surface area contributed by atoms with Gasteiger partial charge in [0.1, 0.15) is 6.61 Å². The van der Waals surface area contributed by atoms with Gasteiger partial charge in [-0.3, -0.25) is 4.99 Å². The molecular formula is C6H9NO. The fourth-order valence-corrected chi connectivity index (χ4v) is 0.528. The largest absolute Gasteiger partial charge is 0.496 e. The van der Waals surface area contributed by atoms with Crippen LogP contribution in [-0.2, 0) is 4.74 Å². The lowest BCUT2D eigenvalue weighted by Gasteiger charge is -1.96. The normalized spacial score (nSPS) is 19.0. The topological polar surface area (TPSA) is 21.6 Å². The standard InChI is InChI=1S/C6H9NO/c1-2-5-8-6-4-7-3-1/h2,4-5H,1,3,6H2. The van der Waals surface area contributed by atoms with Crippen LogP contribution in [0, 0.1) is 0 Å². The second kappa shape index (κ2) is 3.24. The van der Waals surface area contributed by atoms with Crippen LogP contribution in [0.15, 0.2) is 17.3 Å². The maximum atomic E-state index is 4.94. The Hall–Kier alpha value is -0.790. The molecule has 8 heavy (non-hydrogen) atoms. The van der Waals surface area contributed by atoms with Crippen LogP contribution in [0.2, 0.25) is 0 Å². The molecule has 44 valence electrons. The number of ether oxygens (including phenoxy) is 1. The Kier molecular flexibility index (Phi) is 2.17. The summed E-state index contributed by atoms with van der Waals surface area (Å²) in [4.78, 5) is 4.03. The van der Waals surface area contributed by atoms with Crippen LogP contribution >= 0.6 is 0 Å². The van der Waals surface area contributed by atoms with Crippen LogP contribution in [0.25, 0.3) is 0 Å². The quantitative estimate of drug-likeness (QED) is 0.457. The third-order valence-electron chi connectivity index (χ3n) is 0.917. The lowest BCUT2D eigenvalue weighted by molar-refractivity contribution is 0.303. The lowest BCUT2D eigenvalue weighted by atomic mass is 10.4. The zero-order chi connectivity index (χ0) is 5.66. The first kappa shape index (κ1) is 5.35. The SMILES string of the molecule is C1=COCC=NCC1. The lowest BCUT2D eigenvalue weighted by Crippen LogP contribution is -1.92. The minimum Gasteiger partial charge on any atom is -0.496 e. The summed E-state index contributed by atoms with van der Waals surface area (Å²) in [5.74, 6) is 0. The molecule has 0 radical (unpaired) electrons. The molecule has 0 aromatic heterocycles. The van der Waals surface area contributed by atoms with Gasteiger partial charge in [-0.25, -0.2) is 0 Å². The van der Waals surface area contributed by atoms with Gasteiger partial charge in [-0.05, 0) is 12.5 Å². The van der Waals surface area contributed by atoms with Crippen LogP contribution in [0.4, 0.5) is 0 Å². The van der Waals surface area contributed by atoms with E-state index in [0.717, 1.165) is 13.0 Å². The summed E-state index contributed by atoms with van der Waals surface area (Å²) < 4.78 is 4.94. The van der Waals surface area contributed by atoms with Crippen molar-refractivity contribution in [2.45, 2.75) is 6.42 Å². The third-order valence-corrected chi connectivity index (χ3v) is 0.917. The van der Waals surface area contributed by atoms with Gasteiger partial charge in [0, 0.05) is 12.8 Å². The summed E-state index contributed by atoms with van der Waals surface area (Å²) in [6.45, 7) is 1.52. The van der Waals surface area contributed by atoms with Crippen molar-refractivity contribution in [3.63, 3.8) is 0 Å². The van der Waals surface area contributed by atoms with Crippen LogP contribution in [0.1, 0.15) is 6.42 Å². The van der Waals surface area contributed by atoms with Gasteiger partial charge in [0.15, 0.2) is 0 Å². The number of aliphatic imine (C=N–C) groups is 1. The molecule has 0 aliphatic carbocycles. The van der Waals surface area contributed by atoms with Gasteiger partial charge in [0.05, 0.1) is 6.26 Å². The zero-order valence-electron chi connectivity index (χ0n) is 4.71. The summed E-state index contributed by atoms with van der Waals surface area (Å²) in [5, 5.41) is 0. The molecule has 1 aliphatic heterocycles. The summed E-state index contributed by atoms with van der Waals surface area (Å²) in [6, 6.07) is 0. The van der Waals surface area contributed by atoms with E-state index in [9.17, 15) is 0 Å². The Morgan fingerprint density at radius 1 is 1.50 bits per heavy atom. The van der Waals surface area contributed by atoms with Crippen molar-refractivity contribution in [3.05, 3.63) is 12.3 Å². The van der Waals surface area contributed by atoms with Crippen molar-refractivity contribution in [1.29, 1.82) is 0 Å². The van der Waals surface area contributed by atoms with E-state index in [1.807, 2.05) is 6.08 Å². The Labute approximate surface area is 48.9 Å². The van der Waals surface area contributed by atoms with Crippen molar-refractivity contribution in [1.82, 2.24) is 0 Å². The predicted molar refractivity (Wildman–Crippen MR) is 33.1 cm³/mol. The molecule has 0 N–H and O–H groups in total. The summed E-state index contributed by atoms with van der Waals surface area (Å²) in [6.07, 6.45) is 6.50.